The Morgan fingerprint density at radius 2 is 0.867 bits per heavy atom. The summed E-state index contributed by atoms with van der Waals surface area (Å²) in [7, 11) is -4.67. The minimum absolute atomic E-state index is 0. The Hall–Kier alpha value is -0.330. The Balaban J connectivity index is -0.00000000785. The number of hydrogen-bond donors (Lipinski definition) is 8. The Morgan fingerprint density at radius 3 is 0.867 bits per heavy atom. The van der Waals surface area contributed by atoms with Crippen LogP contribution in [0, 0.1) is 0 Å². The van der Waals surface area contributed by atoms with Crippen LogP contribution in [0.1, 0.15) is 0 Å². The number of carbonyl (C=O) groups is 1. The van der Waals surface area contributed by atoms with Crippen LogP contribution in [-0.2, 0) is 10.4 Å². The van der Waals surface area contributed by atoms with Crippen molar-refractivity contribution >= 4 is 40.5 Å². The summed E-state index contributed by atoms with van der Waals surface area (Å²) < 4.78 is 31.6. The molecule has 104 valence electrons. The molecule has 0 saturated heterocycles. The highest BCUT2D eigenvalue weighted by molar-refractivity contribution is 14.0. The summed E-state index contributed by atoms with van der Waals surface area (Å²) in [5.41, 5.74) is 0. The molecule has 0 aliphatic heterocycles. The zero-order chi connectivity index (χ0) is 8.08. The molecule has 0 unspecified atom stereocenters. The summed E-state index contributed by atoms with van der Waals surface area (Å²) in [5.74, 6) is 0. The van der Waals surface area contributed by atoms with Gasteiger partial charge in [-0.2, -0.15) is 8.42 Å². The molecule has 0 amide bonds. The number of carboxylic acid groups (broad SMARTS) is 2. The minimum atomic E-state index is -4.67. The second-order valence-corrected chi connectivity index (χ2v) is 1.63. The van der Waals surface area contributed by atoms with E-state index in [1.165, 1.54) is 0 Å². The van der Waals surface area contributed by atoms with Crippen LogP contribution in [0.4, 0.5) is 4.79 Å². The van der Waals surface area contributed by atoms with Gasteiger partial charge < -0.3 is 40.3 Å². The lowest BCUT2D eigenvalue weighted by atomic mass is 11.5. The fraction of sp³-hybridized carbons (Fsp3) is 0. The van der Waals surface area contributed by atoms with E-state index < -0.39 is 16.6 Å². The summed E-state index contributed by atoms with van der Waals surface area (Å²) in [6, 6.07) is 0. The van der Waals surface area contributed by atoms with Crippen LogP contribution in [-0.4, -0.2) is 39.4 Å². The number of hydrogen-bond acceptors (Lipinski definition) is 7. The molecule has 0 rings (SSSR count). The highest BCUT2D eigenvalue weighted by Crippen LogP contribution is 1.59. The third-order valence-electron chi connectivity index (χ3n) is 0. The molecule has 0 saturated carbocycles. The summed E-state index contributed by atoms with van der Waals surface area (Å²) >= 11 is 0. The van der Waals surface area contributed by atoms with Crippen LogP contribution in [0.5, 0.6) is 0 Å². The molecule has 0 radical (unpaired) electrons. The third kappa shape index (κ3) is 17100. The van der Waals surface area contributed by atoms with E-state index in [1.807, 2.05) is 0 Å². The van der Waals surface area contributed by atoms with E-state index in [-0.39, 0.29) is 54.1 Å². The molecule has 14 heteroatoms. The van der Waals surface area contributed by atoms with E-state index in [4.69, 9.17) is 32.5 Å². The molecule has 0 aromatic rings. The number of rotatable bonds is 0. The van der Waals surface area contributed by atoms with E-state index in [0.29, 0.717) is 0 Å². The number of halogens is 1. The highest BCUT2D eigenvalue weighted by atomic mass is 127. The molecule has 18 N–H and O–H groups in total. The van der Waals surface area contributed by atoms with Crippen molar-refractivity contribution in [3.05, 3.63) is 0 Å². The lowest BCUT2D eigenvalue weighted by Gasteiger charge is -1.68. The van der Waals surface area contributed by atoms with Gasteiger partial charge in [0.1, 0.15) is 0 Å². The van der Waals surface area contributed by atoms with Gasteiger partial charge in [0, 0.05) is 0 Å². The molecule has 0 heterocycles. The largest absolute Gasteiger partial charge is 0.503 e. The van der Waals surface area contributed by atoms with E-state index >= 15 is 0 Å². The van der Waals surface area contributed by atoms with Gasteiger partial charge >= 0.3 is 16.6 Å². The van der Waals surface area contributed by atoms with E-state index in [0.717, 1.165) is 0 Å². The molecule has 0 aromatic carbocycles. The van der Waals surface area contributed by atoms with Crippen molar-refractivity contribution < 1.29 is 38.0 Å². The van der Waals surface area contributed by atoms with Crippen molar-refractivity contribution in [2.24, 2.45) is 0 Å². The topological polar surface area (TPSA) is 304 Å². The fourth-order valence-electron chi connectivity index (χ4n) is 0. The molecule has 12 nitrogen and oxygen atoms in total. The summed E-state index contributed by atoms with van der Waals surface area (Å²) in [6.07, 6.45) is -1.83. The maximum atomic E-state index is 8.74. The summed E-state index contributed by atoms with van der Waals surface area (Å²) in [5, 5.41) is 13.9. The summed E-state index contributed by atoms with van der Waals surface area (Å²) in [6.45, 7) is 0. The lowest BCUT2D eigenvalue weighted by molar-refractivity contribution is 0.137. The van der Waals surface area contributed by atoms with Gasteiger partial charge in [0.25, 0.3) is 0 Å². The van der Waals surface area contributed by atoms with Crippen molar-refractivity contribution in [2.45, 2.75) is 0 Å². The maximum absolute atomic E-state index is 8.74. The second-order valence-electron chi connectivity index (χ2n) is 0.730. The van der Waals surface area contributed by atoms with Crippen molar-refractivity contribution in [1.29, 1.82) is 0 Å². The van der Waals surface area contributed by atoms with Gasteiger partial charge in [-0.1, -0.05) is 0 Å². The molecule has 0 aromatic heterocycles. The maximum Gasteiger partial charge on any atom is 0.503 e. The molecule has 15 heavy (non-hydrogen) atoms. The Morgan fingerprint density at radius 1 is 0.867 bits per heavy atom. The monoisotopic (exact) mass is 374 g/mol. The molecular weight excluding hydrogens is 355 g/mol. The third-order valence-corrected chi connectivity index (χ3v) is 0. The van der Waals surface area contributed by atoms with Crippen molar-refractivity contribution in [2.75, 3.05) is 0 Å². The predicted molar refractivity (Wildman–Crippen MR) is 63.9 cm³/mol. The van der Waals surface area contributed by atoms with Gasteiger partial charge in [0.2, 0.25) is 0 Å². The van der Waals surface area contributed by atoms with Crippen molar-refractivity contribution in [1.82, 2.24) is 24.6 Å². The normalized spacial score (nSPS) is 5.47. The van der Waals surface area contributed by atoms with Crippen LogP contribution < -0.4 is 24.6 Å². The van der Waals surface area contributed by atoms with Crippen LogP contribution in [0.15, 0.2) is 0 Å². The van der Waals surface area contributed by atoms with Gasteiger partial charge in [0.05, 0.1) is 0 Å². The van der Waals surface area contributed by atoms with E-state index in [9.17, 15) is 0 Å². The van der Waals surface area contributed by atoms with Crippen molar-refractivity contribution in [3.63, 3.8) is 0 Å². The van der Waals surface area contributed by atoms with Gasteiger partial charge in [0.15, 0.2) is 0 Å². The Bertz CT molecular complexity index is 169. The van der Waals surface area contributed by atoms with Crippen LogP contribution >= 0.6 is 24.0 Å². The molecule has 0 bridgehead atoms. The van der Waals surface area contributed by atoms with Crippen LogP contribution in [0.3, 0.4) is 0 Å². The van der Waals surface area contributed by atoms with E-state index in [1.54, 1.807) is 0 Å². The summed E-state index contributed by atoms with van der Waals surface area (Å²) in [4.78, 5) is 8.56. The quantitative estimate of drug-likeness (QED) is 0.206. The first kappa shape index (κ1) is 61.6. The van der Waals surface area contributed by atoms with Crippen LogP contribution in [0.25, 0.3) is 0 Å². The molecule has 0 aliphatic rings. The molecular formula is CH19IN4O8S. The molecule has 0 spiro atoms. The second kappa shape index (κ2) is 29.2. The zero-order valence-corrected chi connectivity index (χ0v) is 10.8. The van der Waals surface area contributed by atoms with E-state index in [2.05, 4.69) is 0 Å². The predicted octanol–water partition coefficient (Wildman–Crippen LogP) is 0.0109. The molecule has 0 atom stereocenters. The molecule has 0 aliphatic carbocycles. The average Bonchev–Trinajstić information content (AvgIpc) is 1.19. The van der Waals surface area contributed by atoms with Crippen LogP contribution in [0.2, 0.25) is 0 Å². The van der Waals surface area contributed by atoms with Gasteiger partial charge in [-0.05, 0) is 0 Å². The van der Waals surface area contributed by atoms with Crippen molar-refractivity contribution in [3.8, 4) is 0 Å². The highest BCUT2D eigenvalue weighted by Gasteiger charge is 1.84. The lowest BCUT2D eigenvalue weighted by Crippen LogP contribution is -1.89. The van der Waals surface area contributed by atoms with Gasteiger partial charge in [-0.25, -0.2) is 4.79 Å². The fourth-order valence-corrected chi connectivity index (χ4v) is 0. The smallest absolute Gasteiger partial charge is 0.450 e. The average molecular weight is 374 g/mol. The standard InChI is InChI=1S/CH2O3.HI.4H3N.H2O4S.H2O/c2-1(3)4;;;;;;1-5(2,3)4;/h(H2,2,3,4);1H;4*1H3;(H2,1,2,3,4);1H2. The first-order valence-electron chi connectivity index (χ1n) is 1.35. The van der Waals surface area contributed by atoms with Gasteiger partial charge in [-0.3, -0.25) is 9.11 Å². The SMILES string of the molecule is I.N.N.N.N.O.O=C(O)O.O=S(=O)(O)O. The van der Waals surface area contributed by atoms with Gasteiger partial charge in [-0.15, -0.1) is 24.0 Å². The first-order valence-corrected chi connectivity index (χ1v) is 2.75. The Kier molecular flexibility index (Phi) is 120. The first-order chi connectivity index (χ1) is 3.73. The molecule has 0 fully saturated rings. The Labute approximate surface area is 103 Å². The minimum Gasteiger partial charge on any atom is -0.450 e. The zero-order valence-electron chi connectivity index (χ0n) is 7.66.